The molecule has 0 spiro atoms. The van der Waals surface area contributed by atoms with Gasteiger partial charge in [0.05, 0.1) is 6.61 Å². The Labute approximate surface area is 261 Å². The topological polar surface area (TPSA) is 66.4 Å². The molecule has 38 heavy (non-hydrogen) atoms. The van der Waals surface area contributed by atoms with E-state index in [1.807, 2.05) is 0 Å². The van der Waals surface area contributed by atoms with Crippen LogP contribution in [0.1, 0.15) is 181 Å². The molecule has 0 aromatic rings. The van der Waals surface area contributed by atoms with Crippen LogP contribution in [0, 0.1) is 5.92 Å². The van der Waals surface area contributed by atoms with E-state index in [1.54, 1.807) is 0 Å². The van der Waals surface area contributed by atoms with Crippen LogP contribution in [0.3, 0.4) is 0 Å². The zero-order chi connectivity index (χ0) is 27.3. The number of unbranched alkanes of at least 4 members (excludes halogenated alkanes) is 23. The zero-order valence-electron chi connectivity index (χ0n) is 25.9. The van der Waals surface area contributed by atoms with Crippen LogP contribution in [0.4, 0.5) is 0 Å². The molecule has 0 fully saturated rings. The van der Waals surface area contributed by atoms with Crippen molar-refractivity contribution in [3.63, 3.8) is 0 Å². The molecule has 0 saturated heterocycles. The Bertz CT molecular complexity index is 580. The van der Waals surface area contributed by atoms with Crippen LogP contribution in [-0.4, -0.2) is 19.6 Å². The third-order valence-corrected chi connectivity index (χ3v) is 7.91. The summed E-state index contributed by atoms with van der Waals surface area (Å²) in [6.07, 6.45) is 38.1. The molecule has 0 heterocycles. The summed E-state index contributed by atoms with van der Waals surface area (Å²) in [5, 5.41) is 0. The van der Waals surface area contributed by atoms with Crippen molar-refractivity contribution in [3.05, 3.63) is 12.2 Å². The second kappa shape index (κ2) is 32.1. The van der Waals surface area contributed by atoms with Gasteiger partial charge in [-0.1, -0.05) is 174 Å². The van der Waals surface area contributed by atoms with Gasteiger partial charge in [0.15, 0.2) is 0 Å². The summed E-state index contributed by atoms with van der Waals surface area (Å²) in [6.45, 7) is 4.50. The normalized spacial score (nSPS) is 12.7. The molecule has 1 unspecified atom stereocenters. The predicted molar refractivity (Wildman–Crippen MR) is 160 cm³/mol. The fraction of sp³-hybridized carbons (Fsp3) is 0.938. The van der Waals surface area contributed by atoms with Crippen LogP contribution in [0.2, 0.25) is 0 Å². The molecule has 0 bridgehead atoms. The number of allylic oxidation sites excluding steroid dienone is 1. The molecule has 0 aliphatic rings. The molecule has 0 aliphatic carbocycles. The Morgan fingerprint density at radius 2 is 0.921 bits per heavy atom. The average molecular weight is 567 g/mol. The van der Waals surface area contributed by atoms with E-state index in [0.29, 0.717) is 0 Å². The summed E-state index contributed by atoms with van der Waals surface area (Å²) in [5.74, 6) is 0.0182. The van der Waals surface area contributed by atoms with Crippen molar-refractivity contribution in [1.82, 2.24) is 0 Å². The minimum atomic E-state index is -4.62. The summed E-state index contributed by atoms with van der Waals surface area (Å²) >= 11 is 0. The molecule has 0 radical (unpaired) electrons. The minimum absolute atomic E-state index is 0. The van der Waals surface area contributed by atoms with Crippen molar-refractivity contribution in [2.75, 3.05) is 6.61 Å². The summed E-state index contributed by atoms with van der Waals surface area (Å²) in [5.41, 5.74) is 0. The van der Waals surface area contributed by atoms with E-state index in [2.05, 4.69) is 30.2 Å². The van der Waals surface area contributed by atoms with Crippen molar-refractivity contribution < 1.29 is 46.7 Å². The summed E-state index contributed by atoms with van der Waals surface area (Å²) in [4.78, 5) is 0. The molecule has 0 amide bonds. The molecule has 1 atom stereocenters. The van der Waals surface area contributed by atoms with Crippen molar-refractivity contribution in [1.29, 1.82) is 0 Å². The van der Waals surface area contributed by atoms with Crippen molar-refractivity contribution in [3.8, 4) is 0 Å². The van der Waals surface area contributed by atoms with Crippen LogP contribution in [0.5, 0.6) is 0 Å². The Hall–Kier alpha value is 0.610. The molecule has 0 saturated carbocycles. The van der Waals surface area contributed by atoms with Gasteiger partial charge in [0, 0.05) is 5.92 Å². The minimum Gasteiger partial charge on any atom is -0.726 e. The monoisotopic (exact) mass is 566 g/mol. The smallest absolute Gasteiger partial charge is 0.726 e. The Morgan fingerprint density at radius 3 is 1.29 bits per heavy atom. The fourth-order valence-corrected chi connectivity index (χ4v) is 5.39. The first-order valence-electron chi connectivity index (χ1n) is 16.3. The molecule has 222 valence electrons. The van der Waals surface area contributed by atoms with Crippen LogP contribution < -0.4 is 29.6 Å². The SMILES string of the molecule is CCCCCCCCC/C=C/C(CCCCCCCCCCCCCCCCCCC)COS(=O)(=O)[O-].[Na+]. The third kappa shape index (κ3) is 34.6. The number of rotatable bonds is 30. The Balaban J connectivity index is 0. The van der Waals surface area contributed by atoms with Crippen LogP contribution in [0.15, 0.2) is 12.2 Å². The van der Waals surface area contributed by atoms with Gasteiger partial charge in [-0.3, -0.25) is 4.18 Å². The van der Waals surface area contributed by atoms with Crippen molar-refractivity contribution in [2.24, 2.45) is 5.92 Å². The van der Waals surface area contributed by atoms with E-state index in [9.17, 15) is 13.0 Å². The maximum Gasteiger partial charge on any atom is 1.00 e. The zero-order valence-corrected chi connectivity index (χ0v) is 28.7. The first kappa shape index (κ1) is 40.7. The van der Waals surface area contributed by atoms with Gasteiger partial charge in [-0.05, 0) is 19.3 Å². The van der Waals surface area contributed by atoms with Crippen molar-refractivity contribution >= 4 is 10.4 Å². The molecule has 4 nitrogen and oxygen atoms in total. The summed E-state index contributed by atoms with van der Waals surface area (Å²) < 4.78 is 37.2. The van der Waals surface area contributed by atoms with Gasteiger partial charge in [-0.2, -0.15) is 0 Å². The van der Waals surface area contributed by atoms with E-state index in [0.717, 1.165) is 19.3 Å². The second-order valence-corrected chi connectivity index (χ2v) is 12.3. The van der Waals surface area contributed by atoms with E-state index >= 15 is 0 Å². The van der Waals surface area contributed by atoms with Gasteiger partial charge in [-0.15, -0.1) is 0 Å². The Kier molecular flexibility index (Phi) is 34.5. The van der Waals surface area contributed by atoms with Gasteiger partial charge in [0.25, 0.3) is 0 Å². The maximum atomic E-state index is 10.9. The third-order valence-electron chi connectivity index (χ3n) is 7.49. The summed E-state index contributed by atoms with van der Waals surface area (Å²) in [7, 11) is -4.62. The molecule has 0 rings (SSSR count). The molecule has 0 aromatic heterocycles. The Morgan fingerprint density at radius 1 is 0.579 bits per heavy atom. The molecule has 6 heteroatoms. The van der Waals surface area contributed by atoms with Crippen LogP contribution in [-0.2, 0) is 14.6 Å². The second-order valence-electron chi connectivity index (χ2n) is 11.2. The van der Waals surface area contributed by atoms with E-state index in [1.165, 1.54) is 148 Å². The predicted octanol–water partition coefficient (Wildman–Crippen LogP) is 7.82. The van der Waals surface area contributed by atoms with Crippen LogP contribution >= 0.6 is 0 Å². The quantitative estimate of drug-likeness (QED) is 0.0292. The van der Waals surface area contributed by atoms with E-state index < -0.39 is 10.4 Å². The maximum absolute atomic E-state index is 10.9. The first-order valence-corrected chi connectivity index (χ1v) is 17.6. The van der Waals surface area contributed by atoms with Gasteiger partial charge in [0.1, 0.15) is 0 Å². The largest absolute Gasteiger partial charge is 1.00 e. The van der Waals surface area contributed by atoms with Gasteiger partial charge in [0.2, 0.25) is 10.4 Å². The molecule has 0 N–H and O–H groups in total. The average Bonchev–Trinajstić information content (AvgIpc) is 2.87. The van der Waals surface area contributed by atoms with Crippen molar-refractivity contribution in [2.45, 2.75) is 181 Å². The molecule has 0 aromatic carbocycles. The molecular formula is C32H63NaO4S. The van der Waals surface area contributed by atoms with E-state index in [4.69, 9.17) is 0 Å². The number of hydrogen-bond donors (Lipinski definition) is 0. The van der Waals surface area contributed by atoms with Gasteiger partial charge < -0.3 is 4.55 Å². The first-order chi connectivity index (χ1) is 18.0. The van der Waals surface area contributed by atoms with Gasteiger partial charge in [-0.25, -0.2) is 8.42 Å². The molecule has 0 aliphatic heterocycles. The van der Waals surface area contributed by atoms with Gasteiger partial charge >= 0.3 is 29.6 Å². The summed E-state index contributed by atoms with van der Waals surface area (Å²) in [6, 6.07) is 0. The van der Waals surface area contributed by atoms with E-state index in [-0.39, 0.29) is 42.1 Å². The standard InChI is InChI=1S/C32H64O4S.Na/c1-3-5-7-9-11-13-14-15-16-17-18-19-20-22-24-26-28-30-32(31-36-37(33,34)35)29-27-25-23-21-12-10-8-6-4-2;/h27,29,32H,3-26,28,30-31H2,1-2H3,(H,33,34,35);/q;+1/p-1/b29-27+;. The van der Waals surface area contributed by atoms with Crippen LogP contribution in [0.25, 0.3) is 0 Å². The number of hydrogen-bond acceptors (Lipinski definition) is 4. The fourth-order valence-electron chi connectivity index (χ4n) is 5.05. The molecular weight excluding hydrogens is 503 g/mol.